The third-order valence-electron chi connectivity index (χ3n) is 3.82. The number of rotatable bonds is 5. The van der Waals surface area contributed by atoms with Crippen LogP contribution in [0.5, 0.6) is 5.75 Å². The summed E-state index contributed by atoms with van der Waals surface area (Å²) in [6.07, 6.45) is 3.61. The number of para-hydroxylation sites is 1. The van der Waals surface area contributed by atoms with Gasteiger partial charge in [0, 0.05) is 10.8 Å². The lowest BCUT2D eigenvalue weighted by Gasteiger charge is -2.10. The summed E-state index contributed by atoms with van der Waals surface area (Å²) in [6.45, 7) is 0. The predicted octanol–water partition coefficient (Wildman–Crippen LogP) is 3.26. The second-order valence-electron chi connectivity index (χ2n) is 5.39. The van der Waals surface area contributed by atoms with Crippen molar-refractivity contribution in [2.24, 2.45) is 5.10 Å². The first-order chi connectivity index (χ1) is 11.2. The van der Waals surface area contributed by atoms with Crippen molar-refractivity contribution in [3.05, 3.63) is 65.2 Å². The Labute approximate surface area is 139 Å². The Kier molecular flexibility index (Phi) is 4.98. The number of benzene rings is 2. The SMILES string of the molecule is O=C(CS[C@@H]1CCc2ccccc21)N/N=C/c1ccccc1O. The number of nitrogens with one attached hydrogen (secondary N) is 1. The third-order valence-corrected chi connectivity index (χ3v) is 5.14. The molecule has 0 bridgehead atoms. The van der Waals surface area contributed by atoms with Gasteiger partial charge in [-0.25, -0.2) is 5.43 Å². The summed E-state index contributed by atoms with van der Waals surface area (Å²) in [5.41, 5.74) is 5.82. The van der Waals surface area contributed by atoms with E-state index in [4.69, 9.17) is 0 Å². The number of thioether (sulfide) groups is 1. The van der Waals surface area contributed by atoms with E-state index in [9.17, 15) is 9.90 Å². The molecular weight excluding hydrogens is 308 g/mol. The predicted molar refractivity (Wildman–Crippen MR) is 93.8 cm³/mol. The highest BCUT2D eigenvalue weighted by atomic mass is 32.2. The summed E-state index contributed by atoms with van der Waals surface area (Å²) in [4.78, 5) is 11.9. The lowest BCUT2D eigenvalue weighted by Crippen LogP contribution is -2.20. The molecule has 0 radical (unpaired) electrons. The van der Waals surface area contributed by atoms with E-state index in [1.54, 1.807) is 36.0 Å². The average molecular weight is 326 g/mol. The van der Waals surface area contributed by atoms with Crippen molar-refractivity contribution in [2.45, 2.75) is 18.1 Å². The highest BCUT2D eigenvalue weighted by Crippen LogP contribution is 2.40. The first-order valence-corrected chi connectivity index (χ1v) is 8.58. The van der Waals surface area contributed by atoms with Gasteiger partial charge in [-0.1, -0.05) is 36.4 Å². The molecule has 1 atom stereocenters. The molecule has 3 rings (SSSR count). The van der Waals surface area contributed by atoms with Gasteiger partial charge in [0.25, 0.3) is 0 Å². The maximum atomic E-state index is 11.9. The second-order valence-corrected chi connectivity index (χ2v) is 6.58. The number of hydrogen-bond donors (Lipinski definition) is 2. The number of aromatic hydroxyl groups is 1. The van der Waals surface area contributed by atoms with Gasteiger partial charge in [0.2, 0.25) is 5.91 Å². The molecule has 1 aliphatic carbocycles. The van der Waals surface area contributed by atoms with E-state index in [0.29, 0.717) is 16.6 Å². The monoisotopic (exact) mass is 326 g/mol. The molecule has 0 fully saturated rings. The van der Waals surface area contributed by atoms with Crippen LogP contribution in [0.25, 0.3) is 0 Å². The molecule has 5 heteroatoms. The van der Waals surface area contributed by atoms with Crippen LogP contribution in [-0.2, 0) is 11.2 Å². The van der Waals surface area contributed by atoms with Gasteiger partial charge in [-0.2, -0.15) is 5.10 Å². The van der Waals surface area contributed by atoms with Crippen LogP contribution in [0.1, 0.15) is 28.4 Å². The fourth-order valence-corrected chi connectivity index (χ4v) is 3.78. The number of phenolic OH excluding ortho intramolecular Hbond substituents is 1. The van der Waals surface area contributed by atoms with Gasteiger partial charge in [0.1, 0.15) is 5.75 Å². The van der Waals surface area contributed by atoms with Crippen molar-refractivity contribution in [3.8, 4) is 5.75 Å². The number of hydrogen-bond acceptors (Lipinski definition) is 4. The fraction of sp³-hybridized carbons (Fsp3) is 0.222. The van der Waals surface area contributed by atoms with Crippen LogP contribution < -0.4 is 5.43 Å². The zero-order valence-electron chi connectivity index (χ0n) is 12.6. The van der Waals surface area contributed by atoms with Crippen LogP contribution in [-0.4, -0.2) is 23.0 Å². The second kappa shape index (κ2) is 7.33. The Hall–Kier alpha value is -2.27. The number of phenols is 1. The maximum absolute atomic E-state index is 11.9. The summed E-state index contributed by atoms with van der Waals surface area (Å²) >= 11 is 1.65. The summed E-state index contributed by atoms with van der Waals surface area (Å²) in [5.74, 6) is 0.380. The van der Waals surface area contributed by atoms with Crippen molar-refractivity contribution in [3.63, 3.8) is 0 Å². The van der Waals surface area contributed by atoms with Gasteiger partial charge >= 0.3 is 0 Å². The Morgan fingerprint density at radius 2 is 2.04 bits per heavy atom. The standard InChI is InChI=1S/C18H18N2O2S/c21-16-8-4-2-6-14(16)11-19-20-18(22)12-23-17-10-9-13-5-1-3-7-15(13)17/h1-8,11,17,21H,9-10,12H2,(H,20,22)/b19-11+/t17-/m1/s1. The molecule has 4 nitrogen and oxygen atoms in total. The molecule has 0 spiro atoms. The fourth-order valence-electron chi connectivity index (χ4n) is 2.67. The van der Waals surface area contributed by atoms with E-state index in [-0.39, 0.29) is 11.7 Å². The van der Waals surface area contributed by atoms with Crippen molar-refractivity contribution in [1.82, 2.24) is 5.43 Å². The van der Waals surface area contributed by atoms with Crippen LogP contribution >= 0.6 is 11.8 Å². The highest BCUT2D eigenvalue weighted by Gasteiger charge is 2.22. The topological polar surface area (TPSA) is 61.7 Å². The number of nitrogens with zero attached hydrogens (tertiary/aromatic N) is 1. The van der Waals surface area contributed by atoms with Gasteiger partial charge in [0.15, 0.2) is 0 Å². The summed E-state index contributed by atoms with van der Waals surface area (Å²) in [7, 11) is 0. The molecule has 118 valence electrons. The van der Waals surface area contributed by atoms with Crippen LogP contribution in [0.15, 0.2) is 53.6 Å². The number of carbonyl (C=O) groups is 1. The summed E-state index contributed by atoms with van der Waals surface area (Å²) in [6, 6.07) is 15.3. The summed E-state index contributed by atoms with van der Waals surface area (Å²) < 4.78 is 0. The molecule has 0 aromatic heterocycles. The minimum Gasteiger partial charge on any atom is -0.507 e. The minimum absolute atomic E-state index is 0.133. The number of aryl methyl sites for hydroxylation is 1. The van der Waals surface area contributed by atoms with Gasteiger partial charge < -0.3 is 5.11 Å². The van der Waals surface area contributed by atoms with E-state index < -0.39 is 0 Å². The molecule has 2 N–H and O–H groups in total. The molecule has 1 amide bonds. The molecule has 2 aromatic rings. The molecule has 0 heterocycles. The Balaban J connectivity index is 1.48. The minimum atomic E-state index is -0.133. The molecule has 0 aliphatic heterocycles. The zero-order chi connectivity index (χ0) is 16.1. The molecule has 1 aliphatic rings. The quantitative estimate of drug-likeness (QED) is 0.655. The van der Waals surface area contributed by atoms with Crippen molar-refractivity contribution >= 4 is 23.9 Å². The van der Waals surface area contributed by atoms with E-state index in [0.717, 1.165) is 12.8 Å². The van der Waals surface area contributed by atoms with Gasteiger partial charge in [-0.05, 0) is 36.1 Å². The average Bonchev–Trinajstić information content (AvgIpc) is 2.98. The molecule has 0 saturated heterocycles. The van der Waals surface area contributed by atoms with E-state index in [1.807, 2.05) is 0 Å². The van der Waals surface area contributed by atoms with Crippen LogP contribution in [0.2, 0.25) is 0 Å². The van der Waals surface area contributed by atoms with Gasteiger partial charge in [0.05, 0.1) is 12.0 Å². The molecule has 23 heavy (non-hydrogen) atoms. The van der Waals surface area contributed by atoms with E-state index >= 15 is 0 Å². The van der Waals surface area contributed by atoms with Crippen molar-refractivity contribution in [2.75, 3.05) is 5.75 Å². The number of amides is 1. The van der Waals surface area contributed by atoms with E-state index in [1.165, 1.54) is 17.3 Å². The first-order valence-electron chi connectivity index (χ1n) is 7.53. The lowest BCUT2D eigenvalue weighted by molar-refractivity contribution is -0.118. The molecule has 0 unspecified atom stereocenters. The Morgan fingerprint density at radius 1 is 1.26 bits per heavy atom. The summed E-state index contributed by atoms with van der Waals surface area (Å²) in [5, 5.41) is 13.9. The highest BCUT2D eigenvalue weighted by molar-refractivity contribution is 8.00. The Morgan fingerprint density at radius 3 is 2.91 bits per heavy atom. The van der Waals surface area contributed by atoms with Crippen LogP contribution in [0.3, 0.4) is 0 Å². The molecule has 2 aromatic carbocycles. The molecular formula is C18H18N2O2S. The smallest absolute Gasteiger partial charge is 0.250 e. The van der Waals surface area contributed by atoms with Crippen LogP contribution in [0, 0.1) is 0 Å². The van der Waals surface area contributed by atoms with Crippen molar-refractivity contribution in [1.29, 1.82) is 0 Å². The van der Waals surface area contributed by atoms with Crippen LogP contribution in [0.4, 0.5) is 0 Å². The zero-order valence-corrected chi connectivity index (χ0v) is 13.4. The largest absolute Gasteiger partial charge is 0.507 e. The van der Waals surface area contributed by atoms with Gasteiger partial charge in [-0.3, -0.25) is 4.79 Å². The maximum Gasteiger partial charge on any atom is 0.250 e. The number of fused-ring (bicyclic) bond motifs is 1. The third kappa shape index (κ3) is 3.93. The van der Waals surface area contributed by atoms with Gasteiger partial charge in [-0.15, -0.1) is 11.8 Å². The number of hydrazone groups is 1. The normalized spacial score (nSPS) is 16.4. The van der Waals surface area contributed by atoms with Crippen molar-refractivity contribution < 1.29 is 9.90 Å². The number of carbonyl (C=O) groups excluding carboxylic acids is 1. The van der Waals surface area contributed by atoms with E-state index in [2.05, 4.69) is 34.8 Å². The molecule has 0 saturated carbocycles. The first kappa shape index (κ1) is 15.6. The lowest BCUT2D eigenvalue weighted by atomic mass is 10.1. The Bertz CT molecular complexity index is 730.